The Kier molecular flexibility index (Phi) is 3.28. The second-order valence-corrected chi connectivity index (χ2v) is 4.92. The first-order valence-electron chi connectivity index (χ1n) is 6.15. The van der Waals surface area contributed by atoms with Gasteiger partial charge in [0.15, 0.2) is 5.82 Å². The molecule has 0 amide bonds. The van der Waals surface area contributed by atoms with Crippen molar-refractivity contribution in [3.05, 3.63) is 35.5 Å². The van der Waals surface area contributed by atoms with Crippen molar-refractivity contribution in [2.75, 3.05) is 11.1 Å². The normalized spacial score (nSPS) is 10.9. The van der Waals surface area contributed by atoms with Gasteiger partial charge in [-0.3, -0.25) is 4.68 Å². The molecule has 96 valence electrons. The summed E-state index contributed by atoms with van der Waals surface area (Å²) >= 11 is 0. The molecule has 0 bridgehead atoms. The highest BCUT2D eigenvalue weighted by molar-refractivity contribution is 5.71. The highest BCUT2D eigenvalue weighted by atomic mass is 15.3. The minimum Gasteiger partial charge on any atom is -0.394 e. The fourth-order valence-corrected chi connectivity index (χ4v) is 1.91. The first-order valence-corrected chi connectivity index (χ1v) is 6.15. The van der Waals surface area contributed by atoms with Crippen LogP contribution in [0.25, 0.3) is 0 Å². The number of aryl methyl sites for hydroxylation is 2. The maximum Gasteiger partial charge on any atom is 0.152 e. The maximum absolute atomic E-state index is 6.14. The Morgan fingerprint density at radius 2 is 1.83 bits per heavy atom. The molecule has 3 N–H and O–H groups in total. The van der Waals surface area contributed by atoms with Crippen LogP contribution in [0.3, 0.4) is 0 Å². The maximum atomic E-state index is 6.14. The monoisotopic (exact) mass is 244 g/mol. The van der Waals surface area contributed by atoms with Crippen LogP contribution in [-0.4, -0.2) is 9.78 Å². The summed E-state index contributed by atoms with van der Waals surface area (Å²) in [6.07, 6.45) is 0. The van der Waals surface area contributed by atoms with E-state index in [2.05, 4.69) is 43.3 Å². The minimum absolute atomic E-state index is 0.324. The summed E-state index contributed by atoms with van der Waals surface area (Å²) in [5, 5.41) is 7.77. The smallest absolute Gasteiger partial charge is 0.152 e. The second-order valence-electron chi connectivity index (χ2n) is 4.92. The molecule has 2 aromatic rings. The largest absolute Gasteiger partial charge is 0.394 e. The van der Waals surface area contributed by atoms with Crippen molar-refractivity contribution in [3.63, 3.8) is 0 Å². The van der Waals surface area contributed by atoms with Gasteiger partial charge in [0.2, 0.25) is 0 Å². The molecule has 0 atom stereocenters. The number of nitrogens with zero attached hydrogens (tertiary/aromatic N) is 2. The molecule has 4 heteroatoms. The Morgan fingerprint density at radius 1 is 1.22 bits per heavy atom. The van der Waals surface area contributed by atoms with Gasteiger partial charge in [-0.25, -0.2) is 0 Å². The zero-order valence-electron chi connectivity index (χ0n) is 11.4. The number of aromatic nitrogens is 2. The van der Waals surface area contributed by atoms with Crippen LogP contribution in [0, 0.1) is 6.92 Å². The van der Waals surface area contributed by atoms with Crippen molar-refractivity contribution in [1.82, 2.24) is 9.78 Å². The Bertz CT molecular complexity index is 538. The van der Waals surface area contributed by atoms with Gasteiger partial charge in [0, 0.05) is 12.7 Å². The molecule has 4 nitrogen and oxygen atoms in total. The molecule has 0 spiro atoms. The van der Waals surface area contributed by atoms with Gasteiger partial charge in [0.25, 0.3) is 0 Å². The van der Waals surface area contributed by atoms with Crippen molar-refractivity contribution >= 4 is 17.2 Å². The van der Waals surface area contributed by atoms with Gasteiger partial charge in [-0.1, -0.05) is 31.5 Å². The predicted molar refractivity (Wildman–Crippen MR) is 76.2 cm³/mol. The molecule has 2 rings (SSSR count). The third-order valence-electron chi connectivity index (χ3n) is 2.97. The van der Waals surface area contributed by atoms with Gasteiger partial charge in [0.1, 0.15) is 0 Å². The van der Waals surface area contributed by atoms with E-state index in [9.17, 15) is 0 Å². The average molecular weight is 244 g/mol. The van der Waals surface area contributed by atoms with Crippen LogP contribution in [0.1, 0.15) is 31.0 Å². The summed E-state index contributed by atoms with van der Waals surface area (Å²) in [6, 6.07) is 8.21. The zero-order valence-corrected chi connectivity index (χ0v) is 11.4. The molecule has 0 saturated carbocycles. The van der Waals surface area contributed by atoms with E-state index in [1.54, 1.807) is 4.68 Å². The van der Waals surface area contributed by atoms with Gasteiger partial charge in [0.05, 0.1) is 11.4 Å². The number of hydrogen-bond donors (Lipinski definition) is 2. The summed E-state index contributed by atoms with van der Waals surface area (Å²) in [5.74, 6) is 1.17. The minimum atomic E-state index is 0.324. The topological polar surface area (TPSA) is 55.9 Å². The van der Waals surface area contributed by atoms with Crippen LogP contribution in [0.2, 0.25) is 0 Å². The van der Waals surface area contributed by atoms with E-state index in [0.717, 1.165) is 22.9 Å². The van der Waals surface area contributed by atoms with Crippen LogP contribution in [-0.2, 0) is 7.05 Å². The van der Waals surface area contributed by atoms with Gasteiger partial charge in [-0.05, 0) is 25.0 Å². The van der Waals surface area contributed by atoms with Crippen LogP contribution in [0.4, 0.5) is 17.2 Å². The summed E-state index contributed by atoms with van der Waals surface area (Å²) in [6.45, 7) is 6.25. The van der Waals surface area contributed by atoms with E-state index >= 15 is 0 Å². The summed E-state index contributed by atoms with van der Waals surface area (Å²) in [5.41, 5.74) is 10.1. The van der Waals surface area contributed by atoms with Gasteiger partial charge < -0.3 is 11.1 Å². The molecule has 18 heavy (non-hydrogen) atoms. The molecular formula is C14H20N4. The number of nitrogens with two attached hydrogens (primary N) is 1. The number of hydrogen-bond acceptors (Lipinski definition) is 3. The van der Waals surface area contributed by atoms with Crippen molar-refractivity contribution in [1.29, 1.82) is 0 Å². The average Bonchev–Trinajstić information content (AvgIpc) is 2.60. The van der Waals surface area contributed by atoms with Crippen LogP contribution in [0.5, 0.6) is 0 Å². The molecule has 0 aliphatic heterocycles. The molecule has 0 aliphatic carbocycles. The van der Waals surface area contributed by atoms with Crippen LogP contribution >= 0.6 is 0 Å². The lowest BCUT2D eigenvalue weighted by molar-refractivity contribution is 0.718. The molecule has 0 saturated heterocycles. The first kappa shape index (κ1) is 12.5. The molecule has 0 radical (unpaired) electrons. The molecule has 0 unspecified atom stereocenters. The molecule has 1 aromatic carbocycles. The number of nitrogens with one attached hydrogen (secondary N) is 1. The molecular weight excluding hydrogens is 224 g/mol. The first-order chi connectivity index (χ1) is 8.49. The number of rotatable bonds is 3. The number of anilines is 3. The molecule has 1 heterocycles. The van der Waals surface area contributed by atoms with Crippen molar-refractivity contribution in [3.8, 4) is 0 Å². The predicted octanol–water partition coefficient (Wildman–Crippen LogP) is 3.18. The van der Waals surface area contributed by atoms with E-state index in [1.165, 1.54) is 5.56 Å². The Morgan fingerprint density at radius 3 is 2.33 bits per heavy atom. The number of benzene rings is 1. The van der Waals surface area contributed by atoms with Gasteiger partial charge in [-0.2, -0.15) is 5.10 Å². The van der Waals surface area contributed by atoms with Crippen LogP contribution < -0.4 is 11.1 Å². The quantitative estimate of drug-likeness (QED) is 0.872. The van der Waals surface area contributed by atoms with Crippen LogP contribution in [0.15, 0.2) is 24.3 Å². The third-order valence-corrected chi connectivity index (χ3v) is 2.97. The highest BCUT2D eigenvalue weighted by Gasteiger charge is 2.15. The molecule has 0 aliphatic rings. The lowest BCUT2D eigenvalue weighted by Gasteiger charge is -2.08. The fraction of sp³-hybridized carbons (Fsp3) is 0.357. The van der Waals surface area contributed by atoms with E-state index in [4.69, 9.17) is 5.73 Å². The summed E-state index contributed by atoms with van der Waals surface area (Å²) in [7, 11) is 1.90. The fourth-order valence-electron chi connectivity index (χ4n) is 1.91. The van der Waals surface area contributed by atoms with Gasteiger partial charge >= 0.3 is 0 Å². The van der Waals surface area contributed by atoms with Crippen molar-refractivity contribution in [2.24, 2.45) is 7.05 Å². The zero-order chi connectivity index (χ0) is 13.3. The van der Waals surface area contributed by atoms with Crippen molar-refractivity contribution in [2.45, 2.75) is 26.7 Å². The second kappa shape index (κ2) is 4.72. The molecule has 1 aromatic heterocycles. The third kappa shape index (κ3) is 2.32. The van der Waals surface area contributed by atoms with E-state index in [1.807, 2.05) is 19.2 Å². The Hall–Kier alpha value is -1.97. The Labute approximate surface area is 108 Å². The summed E-state index contributed by atoms with van der Waals surface area (Å²) in [4.78, 5) is 0. The van der Waals surface area contributed by atoms with E-state index in [-0.39, 0.29) is 0 Å². The van der Waals surface area contributed by atoms with E-state index in [0.29, 0.717) is 5.92 Å². The van der Waals surface area contributed by atoms with Crippen molar-refractivity contribution < 1.29 is 0 Å². The summed E-state index contributed by atoms with van der Waals surface area (Å²) < 4.78 is 1.80. The standard InChI is InChI=1S/C14H20N4/c1-9(2)13-12(15)14(18(4)17-13)16-11-7-5-10(3)6-8-11/h5-9,16H,15H2,1-4H3. The lowest BCUT2D eigenvalue weighted by atomic mass is 10.1. The highest BCUT2D eigenvalue weighted by Crippen LogP contribution is 2.29. The number of nitrogen functional groups attached to an aromatic ring is 1. The van der Waals surface area contributed by atoms with Gasteiger partial charge in [-0.15, -0.1) is 0 Å². The molecule has 0 fully saturated rings. The van der Waals surface area contributed by atoms with E-state index < -0.39 is 0 Å². The SMILES string of the molecule is Cc1ccc(Nc2c(N)c(C(C)C)nn2C)cc1. The lowest BCUT2D eigenvalue weighted by Crippen LogP contribution is -2.01. The Balaban J connectivity index is 2.32.